The fourth-order valence-corrected chi connectivity index (χ4v) is 1.08. The molecule has 0 atom stereocenters. The van der Waals surface area contributed by atoms with Gasteiger partial charge in [0.25, 0.3) is 0 Å². The summed E-state index contributed by atoms with van der Waals surface area (Å²) in [6.07, 6.45) is -4.34. The van der Waals surface area contributed by atoms with Gasteiger partial charge in [0.2, 0.25) is 5.91 Å². The van der Waals surface area contributed by atoms with Crippen LogP contribution in [0.5, 0.6) is 0 Å². The Morgan fingerprint density at radius 3 is 2.21 bits per heavy atom. The fourth-order valence-electron chi connectivity index (χ4n) is 1.08. The smallest absolute Gasteiger partial charge is 0.341 e. The number of hydrogen-bond acceptors (Lipinski definition) is 2. The molecule has 0 aromatic heterocycles. The molecule has 2 N–H and O–H groups in total. The first-order valence-corrected chi connectivity index (χ1v) is 3.94. The number of carbonyl (C=O) groups is 1. The van der Waals surface area contributed by atoms with Crippen molar-refractivity contribution in [2.75, 3.05) is 13.6 Å². The van der Waals surface area contributed by atoms with Crippen molar-refractivity contribution in [1.82, 2.24) is 10.6 Å². The number of nitrogens with one attached hydrogen (secondary N) is 2. The minimum Gasteiger partial charge on any atom is -0.341 e. The van der Waals surface area contributed by atoms with Crippen molar-refractivity contribution >= 4 is 18.3 Å². The standard InChI is InChI=1S/C7H11F3N2O.ClH/c1-11-4-5(13)12-6(2-3-6)7(8,9)10;/h11H,2-4H2,1H3,(H,12,13);1H. The zero-order valence-electron chi connectivity index (χ0n) is 7.57. The van der Waals surface area contributed by atoms with E-state index < -0.39 is 17.6 Å². The Labute approximate surface area is 85.8 Å². The second kappa shape index (κ2) is 4.35. The number of carbonyl (C=O) groups excluding carboxylic acids is 1. The van der Waals surface area contributed by atoms with Crippen molar-refractivity contribution in [3.63, 3.8) is 0 Å². The van der Waals surface area contributed by atoms with E-state index in [1.54, 1.807) is 0 Å². The molecule has 1 aliphatic carbocycles. The summed E-state index contributed by atoms with van der Waals surface area (Å²) < 4.78 is 36.8. The first-order valence-electron chi connectivity index (χ1n) is 3.94. The summed E-state index contributed by atoms with van der Waals surface area (Å²) in [5.41, 5.74) is -1.93. The van der Waals surface area contributed by atoms with Gasteiger partial charge in [-0.1, -0.05) is 0 Å². The molecule has 0 unspecified atom stereocenters. The summed E-state index contributed by atoms with van der Waals surface area (Å²) in [7, 11) is 1.51. The van der Waals surface area contributed by atoms with E-state index in [4.69, 9.17) is 0 Å². The van der Waals surface area contributed by atoms with Crippen LogP contribution in [-0.2, 0) is 4.79 Å². The van der Waals surface area contributed by atoms with E-state index in [-0.39, 0.29) is 31.8 Å². The highest BCUT2D eigenvalue weighted by Gasteiger charge is 2.64. The molecule has 0 radical (unpaired) electrons. The molecule has 0 aromatic carbocycles. The summed E-state index contributed by atoms with van der Waals surface area (Å²) in [5.74, 6) is -0.614. The molecular weight excluding hydrogens is 221 g/mol. The number of likely N-dealkylation sites (N-methyl/N-ethyl adjacent to an activating group) is 1. The Balaban J connectivity index is 0.00000169. The van der Waals surface area contributed by atoms with E-state index in [0.717, 1.165) is 0 Å². The van der Waals surface area contributed by atoms with Gasteiger partial charge in [0.05, 0.1) is 6.54 Å². The molecule has 0 aliphatic heterocycles. The Kier molecular flexibility index (Phi) is 4.20. The Bertz CT molecular complexity index is 215. The zero-order chi connectivity index (χ0) is 10.1. The van der Waals surface area contributed by atoms with Crippen LogP contribution in [0.15, 0.2) is 0 Å². The van der Waals surface area contributed by atoms with E-state index in [2.05, 4.69) is 5.32 Å². The highest BCUT2D eigenvalue weighted by molar-refractivity contribution is 5.85. The maximum Gasteiger partial charge on any atom is 0.411 e. The first kappa shape index (κ1) is 13.5. The van der Waals surface area contributed by atoms with Gasteiger partial charge in [0.1, 0.15) is 5.54 Å². The molecule has 1 rings (SSSR count). The minimum absolute atomic E-state index is 0. The van der Waals surface area contributed by atoms with E-state index in [9.17, 15) is 18.0 Å². The summed E-state index contributed by atoms with van der Waals surface area (Å²) in [5, 5.41) is 4.47. The molecule has 14 heavy (non-hydrogen) atoms. The quantitative estimate of drug-likeness (QED) is 0.757. The SMILES string of the molecule is CNCC(=O)NC1(C(F)(F)F)CC1.Cl. The molecule has 0 bridgehead atoms. The first-order chi connectivity index (χ1) is 5.91. The van der Waals surface area contributed by atoms with E-state index in [0.29, 0.717) is 0 Å². The molecule has 0 saturated heterocycles. The van der Waals surface area contributed by atoms with Crippen molar-refractivity contribution in [2.45, 2.75) is 24.6 Å². The van der Waals surface area contributed by atoms with Crippen LogP contribution in [0.1, 0.15) is 12.8 Å². The number of halogens is 4. The highest BCUT2D eigenvalue weighted by atomic mass is 35.5. The van der Waals surface area contributed by atoms with Gasteiger partial charge in [-0.05, 0) is 19.9 Å². The molecule has 0 spiro atoms. The van der Waals surface area contributed by atoms with Gasteiger partial charge in [-0.3, -0.25) is 4.79 Å². The topological polar surface area (TPSA) is 41.1 Å². The normalized spacial score (nSPS) is 18.3. The van der Waals surface area contributed by atoms with Gasteiger partial charge in [-0.25, -0.2) is 0 Å². The molecule has 1 saturated carbocycles. The van der Waals surface area contributed by atoms with Gasteiger partial charge in [-0.2, -0.15) is 13.2 Å². The van der Waals surface area contributed by atoms with Crippen LogP contribution in [-0.4, -0.2) is 31.2 Å². The third-order valence-electron chi connectivity index (χ3n) is 2.01. The number of alkyl halides is 3. The molecule has 1 aliphatic rings. The maximum absolute atomic E-state index is 12.3. The third-order valence-corrected chi connectivity index (χ3v) is 2.01. The van der Waals surface area contributed by atoms with Crippen LogP contribution >= 0.6 is 12.4 Å². The summed E-state index contributed by atoms with van der Waals surface area (Å²) in [6, 6.07) is 0. The largest absolute Gasteiger partial charge is 0.411 e. The third kappa shape index (κ3) is 2.75. The van der Waals surface area contributed by atoms with E-state index >= 15 is 0 Å². The summed E-state index contributed by atoms with van der Waals surface area (Å²) in [6.45, 7) is -0.0855. The summed E-state index contributed by atoms with van der Waals surface area (Å²) >= 11 is 0. The average Bonchev–Trinajstić information content (AvgIpc) is 2.67. The van der Waals surface area contributed by atoms with Crippen molar-refractivity contribution in [1.29, 1.82) is 0 Å². The van der Waals surface area contributed by atoms with Crippen LogP contribution in [0.3, 0.4) is 0 Å². The minimum atomic E-state index is -4.32. The highest BCUT2D eigenvalue weighted by Crippen LogP contribution is 2.48. The second-order valence-electron chi connectivity index (χ2n) is 3.16. The van der Waals surface area contributed by atoms with Gasteiger partial charge in [0.15, 0.2) is 0 Å². The molecule has 84 valence electrons. The Morgan fingerprint density at radius 2 is 1.93 bits per heavy atom. The van der Waals surface area contributed by atoms with Gasteiger partial charge < -0.3 is 10.6 Å². The lowest BCUT2D eigenvalue weighted by molar-refractivity contribution is -0.170. The van der Waals surface area contributed by atoms with Crippen molar-refractivity contribution < 1.29 is 18.0 Å². The Morgan fingerprint density at radius 1 is 1.43 bits per heavy atom. The number of amides is 1. The van der Waals surface area contributed by atoms with Crippen molar-refractivity contribution in [2.24, 2.45) is 0 Å². The second-order valence-corrected chi connectivity index (χ2v) is 3.16. The van der Waals surface area contributed by atoms with E-state index in [1.165, 1.54) is 7.05 Å². The average molecular weight is 233 g/mol. The lowest BCUT2D eigenvalue weighted by atomic mass is 10.2. The maximum atomic E-state index is 12.3. The van der Waals surface area contributed by atoms with Crippen LogP contribution in [0.25, 0.3) is 0 Å². The van der Waals surface area contributed by atoms with Crippen molar-refractivity contribution in [3.8, 4) is 0 Å². The lowest BCUT2D eigenvalue weighted by Gasteiger charge is -2.20. The van der Waals surface area contributed by atoms with Crippen LogP contribution < -0.4 is 10.6 Å². The molecule has 1 fully saturated rings. The molecule has 0 heterocycles. The van der Waals surface area contributed by atoms with Crippen LogP contribution in [0.2, 0.25) is 0 Å². The molecule has 3 nitrogen and oxygen atoms in total. The Hall–Kier alpha value is -0.490. The van der Waals surface area contributed by atoms with Gasteiger partial charge in [0, 0.05) is 0 Å². The predicted molar refractivity (Wildman–Crippen MR) is 47.3 cm³/mol. The van der Waals surface area contributed by atoms with Crippen LogP contribution in [0, 0.1) is 0 Å². The van der Waals surface area contributed by atoms with Crippen LogP contribution in [0.4, 0.5) is 13.2 Å². The van der Waals surface area contributed by atoms with Gasteiger partial charge in [-0.15, -0.1) is 12.4 Å². The monoisotopic (exact) mass is 232 g/mol. The molecular formula is C7H12ClF3N2O. The number of hydrogen-bond donors (Lipinski definition) is 2. The predicted octanol–water partition coefficient (Wildman–Crippen LogP) is 0.839. The molecule has 0 aromatic rings. The molecule has 1 amide bonds. The zero-order valence-corrected chi connectivity index (χ0v) is 8.39. The lowest BCUT2D eigenvalue weighted by Crippen LogP contribution is -2.50. The fraction of sp³-hybridized carbons (Fsp3) is 0.857. The summed E-state index contributed by atoms with van der Waals surface area (Å²) in [4.78, 5) is 10.9. The van der Waals surface area contributed by atoms with Gasteiger partial charge >= 0.3 is 6.18 Å². The molecule has 7 heteroatoms. The number of rotatable bonds is 3. The van der Waals surface area contributed by atoms with E-state index in [1.807, 2.05) is 5.32 Å². The van der Waals surface area contributed by atoms with Crippen molar-refractivity contribution in [3.05, 3.63) is 0 Å².